The Morgan fingerprint density at radius 1 is 0.288 bits per heavy atom. The molecule has 0 saturated carbocycles. The number of ether oxygens (including phenoxy) is 3. The molecule has 0 aliphatic rings. The fourth-order valence-corrected chi connectivity index (χ4v) is 8.69. The number of rotatable bonds is 56. The molecule has 0 rings (SSSR count). The fraction of sp³-hybridized carbons (Fsp3) is 0.746. The average molecular weight is 1020 g/mol. The molecule has 6 heteroatoms. The third-order valence-corrected chi connectivity index (χ3v) is 13.4. The first-order valence-electron chi connectivity index (χ1n) is 31.1. The molecule has 0 aromatic rings. The van der Waals surface area contributed by atoms with E-state index < -0.39 is 6.10 Å². The van der Waals surface area contributed by atoms with Crippen molar-refractivity contribution >= 4 is 17.9 Å². The first-order valence-corrected chi connectivity index (χ1v) is 31.1. The Bertz CT molecular complexity index is 1400. The SMILES string of the molecule is CC/C=C\C/C=C\C/C=C\CCCCCCCCCC(=O)OCC(COC(=O)CCCCCCCC/C=C\C/C=C\C/C=C\CCCCC)OC(=O)CCCCCCCCCCC/C=C\CCCCCCCC. The summed E-state index contributed by atoms with van der Waals surface area (Å²) in [5.74, 6) is -0.899. The van der Waals surface area contributed by atoms with Gasteiger partial charge in [0.25, 0.3) is 0 Å². The lowest BCUT2D eigenvalue weighted by atomic mass is 10.1. The van der Waals surface area contributed by atoms with Crippen molar-refractivity contribution in [1.29, 1.82) is 0 Å². The van der Waals surface area contributed by atoms with Gasteiger partial charge in [-0.2, -0.15) is 0 Å². The summed E-state index contributed by atoms with van der Waals surface area (Å²) >= 11 is 0. The van der Waals surface area contributed by atoms with E-state index in [0.29, 0.717) is 19.3 Å². The van der Waals surface area contributed by atoms with Crippen LogP contribution in [0.1, 0.15) is 303 Å². The van der Waals surface area contributed by atoms with Crippen LogP contribution >= 0.6 is 0 Å². The number of carbonyl (C=O) groups excluding carboxylic acids is 3. The zero-order valence-corrected chi connectivity index (χ0v) is 48.1. The molecule has 0 aromatic heterocycles. The molecule has 6 nitrogen and oxygen atoms in total. The number of unbranched alkanes of at least 4 members (excludes halogenated alkanes) is 31. The van der Waals surface area contributed by atoms with Crippen molar-refractivity contribution in [2.45, 2.75) is 309 Å². The molecule has 0 aliphatic carbocycles. The number of esters is 3. The number of carbonyl (C=O) groups is 3. The number of hydrogen-bond donors (Lipinski definition) is 0. The van der Waals surface area contributed by atoms with Crippen LogP contribution in [0.4, 0.5) is 0 Å². The normalized spacial score (nSPS) is 12.6. The van der Waals surface area contributed by atoms with Crippen LogP contribution in [0.25, 0.3) is 0 Å². The van der Waals surface area contributed by atoms with Gasteiger partial charge in [-0.05, 0) is 116 Å². The molecule has 0 amide bonds. The van der Waals surface area contributed by atoms with Gasteiger partial charge in [-0.3, -0.25) is 14.4 Å². The smallest absolute Gasteiger partial charge is 0.306 e. The van der Waals surface area contributed by atoms with Crippen LogP contribution in [0.3, 0.4) is 0 Å². The molecule has 1 atom stereocenters. The second-order valence-corrected chi connectivity index (χ2v) is 20.6. The van der Waals surface area contributed by atoms with Gasteiger partial charge in [-0.15, -0.1) is 0 Å². The van der Waals surface area contributed by atoms with Crippen LogP contribution in [0.5, 0.6) is 0 Å². The third-order valence-electron chi connectivity index (χ3n) is 13.4. The molecule has 0 fully saturated rings. The van der Waals surface area contributed by atoms with Crippen LogP contribution in [-0.4, -0.2) is 37.2 Å². The maximum Gasteiger partial charge on any atom is 0.306 e. The molecule has 420 valence electrons. The van der Waals surface area contributed by atoms with Gasteiger partial charge in [-0.1, -0.05) is 254 Å². The second-order valence-electron chi connectivity index (χ2n) is 20.6. The summed E-state index contributed by atoms with van der Waals surface area (Å²) in [6, 6.07) is 0. The molecule has 0 spiro atoms. The lowest BCUT2D eigenvalue weighted by Gasteiger charge is -2.18. The maximum absolute atomic E-state index is 12.9. The molecular weight excluding hydrogens is 901 g/mol. The van der Waals surface area contributed by atoms with E-state index in [4.69, 9.17) is 14.2 Å². The molecule has 0 radical (unpaired) electrons. The highest BCUT2D eigenvalue weighted by Crippen LogP contribution is 2.16. The number of hydrogen-bond acceptors (Lipinski definition) is 6. The Morgan fingerprint density at radius 2 is 0.534 bits per heavy atom. The minimum Gasteiger partial charge on any atom is -0.462 e. The minimum atomic E-state index is -0.789. The zero-order chi connectivity index (χ0) is 52.9. The van der Waals surface area contributed by atoms with E-state index in [1.807, 2.05) is 0 Å². The topological polar surface area (TPSA) is 78.9 Å². The number of allylic oxidation sites excluding steroid dienone is 14. The van der Waals surface area contributed by atoms with Gasteiger partial charge in [0.05, 0.1) is 0 Å². The molecule has 0 saturated heterocycles. The molecule has 0 heterocycles. The van der Waals surface area contributed by atoms with Crippen LogP contribution in [-0.2, 0) is 28.6 Å². The van der Waals surface area contributed by atoms with Crippen LogP contribution in [0, 0.1) is 0 Å². The van der Waals surface area contributed by atoms with Crippen molar-refractivity contribution < 1.29 is 28.6 Å². The Labute approximate surface area is 452 Å². The van der Waals surface area contributed by atoms with Gasteiger partial charge in [0, 0.05) is 19.3 Å². The van der Waals surface area contributed by atoms with Gasteiger partial charge in [-0.25, -0.2) is 0 Å². The predicted octanol–water partition coefficient (Wildman–Crippen LogP) is 21.1. The van der Waals surface area contributed by atoms with Gasteiger partial charge in [0.15, 0.2) is 6.10 Å². The molecule has 73 heavy (non-hydrogen) atoms. The average Bonchev–Trinajstić information content (AvgIpc) is 3.39. The monoisotopic (exact) mass is 1020 g/mol. The van der Waals surface area contributed by atoms with Crippen LogP contribution in [0.2, 0.25) is 0 Å². The van der Waals surface area contributed by atoms with E-state index in [2.05, 4.69) is 106 Å². The van der Waals surface area contributed by atoms with Crippen LogP contribution in [0.15, 0.2) is 85.1 Å². The molecule has 0 N–H and O–H groups in total. The first-order chi connectivity index (χ1) is 36.0. The maximum atomic E-state index is 12.9. The van der Waals surface area contributed by atoms with E-state index in [1.165, 1.54) is 161 Å². The van der Waals surface area contributed by atoms with Gasteiger partial charge < -0.3 is 14.2 Å². The highest BCUT2D eigenvalue weighted by molar-refractivity contribution is 5.71. The van der Waals surface area contributed by atoms with Crippen LogP contribution < -0.4 is 0 Å². The summed E-state index contributed by atoms with van der Waals surface area (Å²) in [5.41, 5.74) is 0. The van der Waals surface area contributed by atoms with Gasteiger partial charge in [0.1, 0.15) is 13.2 Å². The molecule has 0 aromatic carbocycles. The van der Waals surface area contributed by atoms with Crippen molar-refractivity contribution in [3.63, 3.8) is 0 Å². The lowest BCUT2D eigenvalue weighted by molar-refractivity contribution is -0.167. The summed E-state index contributed by atoms with van der Waals surface area (Å²) in [6.45, 7) is 6.51. The lowest BCUT2D eigenvalue weighted by Crippen LogP contribution is -2.30. The van der Waals surface area contributed by atoms with E-state index in [-0.39, 0.29) is 31.1 Å². The Balaban J connectivity index is 4.42. The van der Waals surface area contributed by atoms with E-state index in [1.54, 1.807) is 0 Å². The summed E-state index contributed by atoms with van der Waals surface area (Å²) in [4.78, 5) is 38.3. The minimum absolute atomic E-state index is 0.0862. The van der Waals surface area contributed by atoms with Crippen molar-refractivity contribution in [3.8, 4) is 0 Å². The molecule has 1 unspecified atom stereocenters. The fourth-order valence-electron chi connectivity index (χ4n) is 8.69. The van der Waals surface area contributed by atoms with E-state index in [9.17, 15) is 14.4 Å². The molecule has 0 bridgehead atoms. The Hall–Kier alpha value is -3.41. The Morgan fingerprint density at radius 3 is 0.877 bits per heavy atom. The summed E-state index contributed by atoms with van der Waals surface area (Å²) in [5, 5.41) is 0. The highest BCUT2D eigenvalue weighted by atomic mass is 16.6. The van der Waals surface area contributed by atoms with Crippen molar-refractivity contribution in [3.05, 3.63) is 85.1 Å². The quantitative estimate of drug-likeness (QED) is 0.0261. The van der Waals surface area contributed by atoms with Crippen molar-refractivity contribution in [1.82, 2.24) is 0 Å². The standard InChI is InChI=1S/C67H116O6/c1-4-7-10-13-16-19-22-25-28-31-33-36-39-42-45-48-51-54-57-60-66(69)72-63-64(62-71-65(68)59-56-53-50-47-44-41-38-35-30-27-24-21-18-15-12-9-6-3)73-67(70)61-58-55-52-49-46-43-40-37-34-32-29-26-23-20-17-14-11-8-5-2/h9,12,16,18-19,21,25-30,33,36,64H,4-8,10-11,13-15,17,20,22-24,31-32,34-35,37-63H2,1-3H3/b12-9-,19-16-,21-18-,28-25-,29-26-,30-27-,36-33-. The van der Waals surface area contributed by atoms with Crippen molar-refractivity contribution in [2.75, 3.05) is 13.2 Å². The Kier molecular flexibility index (Phi) is 58.3. The largest absolute Gasteiger partial charge is 0.462 e. The van der Waals surface area contributed by atoms with Gasteiger partial charge in [0.2, 0.25) is 0 Å². The van der Waals surface area contributed by atoms with E-state index >= 15 is 0 Å². The predicted molar refractivity (Wildman–Crippen MR) is 316 cm³/mol. The summed E-state index contributed by atoms with van der Waals surface area (Å²) in [6.07, 6.45) is 80.0. The first kappa shape index (κ1) is 69.6. The highest BCUT2D eigenvalue weighted by Gasteiger charge is 2.19. The summed E-state index contributed by atoms with van der Waals surface area (Å²) < 4.78 is 16.9. The summed E-state index contributed by atoms with van der Waals surface area (Å²) in [7, 11) is 0. The molecular formula is C67H116O6. The zero-order valence-electron chi connectivity index (χ0n) is 48.1. The van der Waals surface area contributed by atoms with Gasteiger partial charge >= 0.3 is 17.9 Å². The molecule has 0 aliphatic heterocycles. The van der Waals surface area contributed by atoms with Crippen molar-refractivity contribution in [2.24, 2.45) is 0 Å². The van der Waals surface area contributed by atoms with E-state index in [0.717, 1.165) is 103 Å². The second kappa shape index (κ2) is 61.1. The third kappa shape index (κ3) is 59.3.